The van der Waals surface area contributed by atoms with Gasteiger partial charge in [-0.25, -0.2) is 0 Å². The van der Waals surface area contributed by atoms with Gasteiger partial charge in [-0.2, -0.15) is 0 Å². The van der Waals surface area contributed by atoms with Gasteiger partial charge in [-0.15, -0.1) is 0 Å². The van der Waals surface area contributed by atoms with E-state index in [4.69, 9.17) is 0 Å². The lowest BCUT2D eigenvalue weighted by atomic mass is 9.99. The number of para-hydroxylation sites is 1. The van der Waals surface area contributed by atoms with Crippen molar-refractivity contribution in [3.05, 3.63) is 58.6 Å². The van der Waals surface area contributed by atoms with Gasteiger partial charge < -0.3 is 9.80 Å². The highest BCUT2D eigenvalue weighted by atomic mass is 79.9. The maximum absolute atomic E-state index is 13.1. The summed E-state index contributed by atoms with van der Waals surface area (Å²) < 4.78 is 0.973. The molecule has 1 fully saturated rings. The van der Waals surface area contributed by atoms with Gasteiger partial charge in [-0.1, -0.05) is 34.1 Å². The van der Waals surface area contributed by atoms with Crippen LogP contribution in [-0.2, 0) is 16.0 Å². The number of carbonyl (C=O) groups is 2. The Balaban J connectivity index is 1.54. The average molecular weight is 399 g/mol. The predicted octanol–water partition coefficient (Wildman–Crippen LogP) is 3.78. The molecule has 4 rings (SSSR count). The van der Waals surface area contributed by atoms with Crippen LogP contribution < -0.4 is 9.80 Å². The van der Waals surface area contributed by atoms with Crippen LogP contribution in [0.4, 0.5) is 11.4 Å². The Labute approximate surface area is 155 Å². The third-order valence-electron chi connectivity index (χ3n) is 4.99. The molecule has 2 aliphatic heterocycles. The van der Waals surface area contributed by atoms with Gasteiger partial charge >= 0.3 is 0 Å². The quantitative estimate of drug-likeness (QED) is 0.771. The molecule has 0 spiro atoms. The fourth-order valence-electron chi connectivity index (χ4n) is 3.73. The zero-order valence-corrected chi connectivity index (χ0v) is 15.4. The van der Waals surface area contributed by atoms with E-state index in [0.29, 0.717) is 6.54 Å². The molecule has 2 aromatic carbocycles. The van der Waals surface area contributed by atoms with E-state index in [9.17, 15) is 9.59 Å². The molecule has 0 aromatic heterocycles. The van der Waals surface area contributed by atoms with E-state index in [1.165, 1.54) is 5.56 Å². The molecular formula is C20H19BrN2O2. The summed E-state index contributed by atoms with van der Waals surface area (Å²) in [6.45, 7) is 1.19. The smallest absolute Gasteiger partial charge is 0.232 e. The van der Waals surface area contributed by atoms with E-state index in [2.05, 4.69) is 22.0 Å². The molecule has 0 bridgehead atoms. The van der Waals surface area contributed by atoms with E-state index in [1.54, 1.807) is 4.90 Å². The molecule has 1 saturated heterocycles. The molecule has 128 valence electrons. The Kier molecular flexibility index (Phi) is 4.34. The van der Waals surface area contributed by atoms with Crippen LogP contribution in [-0.4, -0.2) is 24.9 Å². The van der Waals surface area contributed by atoms with Crippen LogP contribution in [0.1, 0.15) is 18.4 Å². The van der Waals surface area contributed by atoms with Crippen molar-refractivity contribution in [2.45, 2.75) is 19.3 Å². The highest BCUT2D eigenvalue weighted by Crippen LogP contribution is 2.32. The maximum Gasteiger partial charge on any atom is 0.232 e. The number of hydrogen-bond acceptors (Lipinski definition) is 2. The van der Waals surface area contributed by atoms with Gasteiger partial charge in [-0.05, 0) is 48.7 Å². The number of fused-ring (bicyclic) bond motifs is 1. The SMILES string of the molecule is O=C1CC(C(=O)N2CCCc3ccccc32)CN1c1ccc(Br)cc1. The van der Waals surface area contributed by atoms with Crippen LogP contribution in [0.15, 0.2) is 53.0 Å². The van der Waals surface area contributed by atoms with Gasteiger partial charge in [0.2, 0.25) is 11.8 Å². The first-order chi connectivity index (χ1) is 12.1. The van der Waals surface area contributed by atoms with Gasteiger partial charge in [0, 0.05) is 35.4 Å². The Bertz CT molecular complexity index is 819. The fraction of sp³-hybridized carbons (Fsp3) is 0.300. The van der Waals surface area contributed by atoms with Crippen LogP contribution in [0.25, 0.3) is 0 Å². The maximum atomic E-state index is 13.1. The van der Waals surface area contributed by atoms with Gasteiger partial charge in [0.05, 0.1) is 5.92 Å². The lowest BCUT2D eigenvalue weighted by Crippen LogP contribution is -2.40. The zero-order chi connectivity index (χ0) is 17.4. The normalized spacial score (nSPS) is 19.9. The number of carbonyl (C=O) groups excluding carboxylic acids is 2. The van der Waals surface area contributed by atoms with Crippen LogP contribution in [0, 0.1) is 5.92 Å². The summed E-state index contributed by atoms with van der Waals surface area (Å²) in [4.78, 5) is 29.1. The molecular weight excluding hydrogens is 380 g/mol. The predicted molar refractivity (Wildman–Crippen MR) is 102 cm³/mol. The summed E-state index contributed by atoms with van der Waals surface area (Å²) in [5, 5.41) is 0. The van der Waals surface area contributed by atoms with E-state index >= 15 is 0 Å². The fourth-order valence-corrected chi connectivity index (χ4v) is 3.99. The first-order valence-corrected chi connectivity index (χ1v) is 9.38. The number of nitrogens with zero attached hydrogens (tertiary/aromatic N) is 2. The monoisotopic (exact) mass is 398 g/mol. The highest BCUT2D eigenvalue weighted by molar-refractivity contribution is 9.10. The van der Waals surface area contributed by atoms with Gasteiger partial charge in [0.25, 0.3) is 0 Å². The number of hydrogen-bond donors (Lipinski definition) is 0. The number of rotatable bonds is 2. The van der Waals surface area contributed by atoms with E-state index < -0.39 is 0 Å². The van der Waals surface area contributed by atoms with Gasteiger partial charge in [0.1, 0.15) is 0 Å². The Morgan fingerprint density at radius 3 is 2.64 bits per heavy atom. The Morgan fingerprint density at radius 1 is 1.08 bits per heavy atom. The number of aryl methyl sites for hydroxylation is 1. The summed E-state index contributed by atoms with van der Waals surface area (Å²) in [6, 6.07) is 15.7. The van der Waals surface area contributed by atoms with E-state index in [1.807, 2.05) is 47.4 Å². The molecule has 1 atom stereocenters. The largest absolute Gasteiger partial charge is 0.312 e. The number of halogens is 1. The summed E-state index contributed by atoms with van der Waals surface area (Å²) in [5.74, 6) is -0.187. The minimum absolute atomic E-state index is 0.0194. The Morgan fingerprint density at radius 2 is 1.84 bits per heavy atom. The molecule has 0 aliphatic carbocycles. The number of anilines is 2. The molecule has 4 nitrogen and oxygen atoms in total. The average Bonchev–Trinajstić information content (AvgIpc) is 3.03. The summed E-state index contributed by atoms with van der Waals surface area (Å²) in [5.41, 5.74) is 3.08. The van der Waals surface area contributed by atoms with Crippen LogP contribution in [0.2, 0.25) is 0 Å². The summed E-state index contributed by atoms with van der Waals surface area (Å²) >= 11 is 3.41. The second-order valence-corrected chi connectivity index (χ2v) is 7.52. The van der Waals surface area contributed by atoms with Crippen LogP contribution in [0.5, 0.6) is 0 Å². The van der Waals surface area contributed by atoms with Crippen molar-refractivity contribution in [1.82, 2.24) is 0 Å². The van der Waals surface area contributed by atoms with Crippen molar-refractivity contribution >= 4 is 39.1 Å². The highest BCUT2D eigenvalue weighted by Gasteiger charge is 2.38. The van der Waals surface area contributed by atoms with Gasteiger partial charge in [-0.3, -0.25) is 9.59 Å². The third kappa shape index (κ3) is 3.09. The molecule has 0 saturated carbocycles. The van der Waals surface area contributed by atoms with Crippen molar-refractivity contribution in [1.29, 1.82) is 0 Å². The molecule has 2 heterocycles. The third-order valence-corrected chi connectivity index (χ3v) is 5.52. The van der Waals surface area contributed by atoms with Gasteiger partial charge in [0.15, 0.2) is 0 Å². The Hall–Kier alpha value is -2.14. The lowest BCUT2D eigenvalue weighted by molar-refractivity contribution is -0.124. The molecule has 2 amide bonds. The van der Waals surface area contributed by atoms with Crippen molar-refractivity contribution in [2.75, 3.05) is 22.9 Å². The molecule has 0 radical (unpaired) electrons. The minimum Gasteiger partial charge on any atom is -0.312 e. The second-order valence-electron chi connectivity index (χ2n) is 6.60. The molecule has 0 N–H and O–H groups in total. The molecule has 25 heavy (non-hydrogen) atoms. The summed E-state index contributed by atoms with van der Waals surface area (Å²) in [6.07, 6.45) is 2.27. The lowest BCUT2D eigenvalue weighted by Gasteiger charge is -2.31. The molecule has 1 unspecified atom stereocenters. The topological polar surface area (TPSA) is 40.6 Å². The van der Waals surface area contributed by atoms with Crippen molar-refractivity contribution < 1.29 is 9.59 Å². The van der Waals surface area contributed by atoms with Crippen molar-refractivity contribution in [3.8, 4) is 0 Å². The minimum atomic E-state index is -0.276. The van der Waals surface area contributed by atoms with Crippen molar-refractivity contribution in [2.24, 2.45) is 5.92 Å². The van der Waals surface area contributed by atoms with Crippen LogP contribution in [0.3, 0.4) is 0 Å². The zero-order valence-electron chi connectivity index (χ0n) is 13.8. The first kappa shape index (κ1) is 16.3. The first-order valence-electron chi connectivity index (χ1n) is 8.59. The molecule has 2 aliphatic rings. The van der Waals surface area contributed by atoms with E-state index in [-0.39, 0.29) is 24.2 Å². The molecule has 2 aromatic rings. The van der Waals surface area contributed by atoms with Crippen molar-refractivity contribution in [3.63, 3.8) is 0 Å². The second kappa shape index (κ2) is 6.64. The van der Waals surface area contributed by atoms with Crippen LogP contribution >= 0.6 is 15.9 Å². The number of amides is 2. The summed E-state index contributed by atoms with van der Waals surface area (Å²) in [7, 11) is 0. The number of benzene rings is 2. The molecule has 5 heteroatoms. The standard InChI is InChI=1S/C20H19BrN2O2/c21-16-7-9-17(10-8-16)23-13-15(12-19(23)24)20(25)22-11-3-5-14-4-1-2-6-18(14)22/h1-2,4,6-10,15H,3,5,11-13H2. The van der Waals surface area contributed by atoms with E-state index in [0.717, 1.165) is 35.2 Å².